The SMILES string of the molecule is COC(=O)c1ccccc1C(=O)OCC(C)(C)C. The van der Waals surface area contributed by atoms with Crippen LogP contribution in [0.3, 0.4) is 0 Å². The predicted octanol–water partition coefficient (Wildman–Crippen LogP) is 2.68. The van der Waals surface area contributed by atoms with E-state index < -0.39 is 11.9 Å². The van der Waals surface area contributed by atoms with Crippen LogP contribution in [0.1, 0.15) is 41.5 Å². The quantitative estimate of drug-likeness (QED) is 0.774. The molecule has 0 saturated carbocycles. The van der Waals surface area contributed by atoms with Gasteiger partial charge in [0.1, 0.15) is 0 Å². The fourth-order valence-electron chi connectivity index (χ4n) is 1.31. The Labute approximate surface area is 107 Å². The van der Waals surface area contributed by atoms with Gasteiger partial charge in [0.05, 0.1) is 24.8 Å². The van der Waals surface area contributed by atoms with Crippen LogP contribution in [-0.4, -0.2) is 25.7 Å². The van der Waals surface area contributed by atoms with Crippen LogP contribution in [0.15, 0.2) is 24.3 Å². The van der Waals surface area contributed by atoms with E-state index in [9.17, 15) is 9.59 Å². The molecule has 0 unspecified atom stereocenters. The molecule has 0 N–H and O–H groups in total. The standard InChI is InChI=1S/C14H18O4/c1-14(2,3)9-18-13(16)11-8-6-5-7-10(11)12(15)17-4/h5-8H,9H2,1-4H3. The third-order valence-corrected chi connectivity index (χ3v) is 2.19. The van der Waals surface area contributed by atoms with Crippen molar-refractivity contribution in [1.29, 1.82) is 0 Å². The molecule has 4 heteroatoms. The molecule has 0 aliphatic rings. The van der Waals surface area contributed by atoms with Crippen LogP contribution in [0.4, 0.5) is 0 Å². The number of carbonyl (C=O) groups excluding carboxylic acids is 2. The molecule has 0 fully saturated rings. The molecule has 0 amide bonds. The maximum atomic E-state index is 11.9. The molecule has 0 saturated heterocycles. The second kappa shape index (κ2) is 5.67. The minimum atomic E-state index is -0.543. The zero-order valence-electron chi connectivity index (χ0n) is 11.1. The summed E-state index contributed by atoms with van der Waals surface area (Å²) < 4.78 is 9.81. The highest BCUT2D eigenvalue weighted by molar-refractivity contribution is 6.03. The van der Waals surface area contributed by atoms with Crippen LogP contribution in [-0.2, 0) is 9.47 Å². The second-order valence-corrected chi connectivity index (χ2v) is 5.17. The minimum absolute atomic E-state index is 0.115. The minimum Gasteiger partial charge on any atom is -0.465 e. The molecule has 0 radical (unpaired) electrons. The monoisotopic (exact) mass is 250 g/mol. The van der Waals surface area contributed by atoms with Crippen LogP contribution in [0.25, 0.3) is 0 Å². The Hall–Kier alpha value is -1.84. The van der Waals surface area contributed by atoms with Crippen LogP contribution in [0.2, 0.25) is 0 Å². The normalized spacial score (nSPS) is 10.9. The van der Waals surface area contributed by atoms with E-state index in [1.54, 1.807) is 24.3 Å². The Morgan fingerprint density at radius 2 is 1.56 bits per heavy atom. The maximum Gasteiger partial charge on any atom is 0.339 e. The van der Waals surface area contributed by atoms with Gasteiger partial charge in [0.2, 0.25) is 0 Å². The average Bonchev–Trinajstić information content (AvgIpc) is 2.34. The second-order valence-electron chi connectivity index (χ2n) is 5.17. The van der Waals surface area contributed by atoms with Gasteiger partial charge in [0.15, 0.2) is 0 Å². The molecule has 0 atom stereocenters. The smallest absolute Gasteiger partial charge is 0.339 e. The number of methoxy groups -OCH3 is 1. The lowest BCUT2D eigenvalue weighted by Gasteiger charge is -2.18. The van der Waals surface area contributed by atoms with E-state index in [0.717, 1.165) is 0 Å². The molecule has 0 aliphatic heterocycles. The number of benzene rings is 1. The van der Waals surface area contributed by atoms with Crippen molar-refractivity contribution in [1.82, 2.24) is 0 Å². The Morgan fingerprint density at radius 1 is 1.06 bits per heavy atom. The molecule has 1 aromatic rings. The van der Waals surface area contributed by atoms with Crippen molar-refractivity contribution in [2.75, 3.05) is 13.7 Å². The summed E-state index contributed by atoms with van der Waals surface area (Å²) >= 11 is 0. The van der Waals surface area contributed by atoms with Gasteiger partial charge in [0.25, 0.3) is 0 Å². The van der Waals surface area contributed by atoms with E-state index in [2.05, 4.69) is 4.74 Å². The van der Waals surface area contributed by atoms with E-state index in [1.165, 1.54) is 7.11 Å². The topological polar surface area (TPSA) is 52.6 Å². The summed E-state index contributed by atoms with van der Waals surface area (Å²) in [5, 5.41) is 0. The van der Waals surface area contributed by atoms with Gasteiger partial charge in [0, 0.05) is 0 Å². The lowest BCUT2D eigenvalue weighted by molar-refractivity contribution is 0.0358. The van der Waals surface area contributed by atoms with Gasteiger partial charge in [-0.3, -0.25) is 0 Å². The van der Waals surface area contributed by atoms with E-state index in [1.807, 2.05) is 20.8 Å². The average molecular weight is 250 g/mol. The van der Waals surface area contributed by atoms with E-state index in [4.69, 9.17) is 4.74 Å². The Bertz CT molecular complexity index is 443. The molecule has 4 nitrogen and oxygen atoms in total. The van der Waals surface area contributed by atoms with Crippen molar-refractivity contribution in [3.8, 4) is 0 Å². The molecule has 0 aliphatic carbocycles. The molecular formula is C14H18O4. The first-order valence-electron chi connectivity index (χ1n) is 5.69. The zero-order chi connectivity index (χ0) is 13.8. The zero-order valence-corrected chi connectivity index (χ0v) is 11.1. The predicted molar refractivity (Wildman–Crippen MR) is 67.5 cm³/mol. The summed E-state index contributed by atoms with van der Waals surface area (Å²) in [6.07, 6.45) is 0. The van der Waals surface area contributed by atoms with E-state index in [-0.39, 0.29) is 16.5 Å². The first kappa shape index (κ1) is 14.2. The summed E-state index contributed by atoms with van der Waals surface area (Å²) in [6.45, 7) is 6.19. The van der Waals surface area contributed by atoms with Gasteiger partial charge >= 0.3 is 11.9 Å². The molecule has 1 rings (SSSR count). The van der Waals surface area contributed by atoms with Gasteiger partial charge in [-0.25, -0.2) is 9.59 Å². The summed E-state index contributed by atoms with van der Waals surface area (Å²) in [5.41, 5.74) is 0.336. The molecule has 1 aromatic carbocycles. The highest BCUT2D eigenvalue weighted by atomic mass is 16.5. The third-order valence-electron chi connectivity index (χ3n) is 2.19. The Balaban J connectivity index is 2.89. The van der Waals surface area contributed by atoms with Crippen LogP contribution in [0.5, 0.6) is 0 Å². The van der Waals surface area contributed by atoms with Gasteiger partial charge in [-0.2, -0.15) is 0 Å². The van der Waals surface area contributed by atoms with Gasteiger partial charge in [-0.1, -0.05) is 32.9 Å². The Morgan fingerprint density at radius 3 is 2.00 bits per heavy atom. The number of carbonyl (C=O) groups is 2. The summed E-state index contributed by atoms with van der Waals surface area (Å²) in [4.78, 5) is 23.4. The van der Waals surface area contributed by atoms with Gasteiger partial charge < -0.3 is 9.47 Å². The molecule has 0 bridgehead atoms. The van der Waals surface area contributed by atoms with Crippen molar-refractivity contribution in [2.24, 2.45) is 5.41 Å². The van der Waals surface area contributed by atoms with Crippen molar-refractivity contribution < 1.29 is 19.1 Å². The number of hydrogen-bond acceptors (Lipinski definition) is 4. The largest absolute Gasteiger partial charge is 0.465 e. The van der Waals surface area contributed by atoms with Crippen molar-refractivity contribution >= 4 is 11.9 Å². The van der Waals surface area contributed by atoms with Crippen LogP contribution in [0, 0.1) is 5.41 Å². The summed E-state index contributed by atoms with van der Waals surface area (Å²) in [5.74, 6) is -1.05. The number of rotatable bonds is 3. The number of hydrogen-bond donors (Lipinski definition) is 0. The molecule has 18 heavy (non-hydrogen) atoms. The highest BCUT2D eigenvalue weighted by Crippen LogP contribution is 2.16. The summed E-state index contributed by atoms with van der Waals surface area (Å²) in [7, 11) is 1.28. The lowest BCUT2D eigenvalue weighted by atomic mass is 9.98. The third kappa shape index (κ3) is 3.87. The molecule has 0 aromatic heterocycles. The number of ether oxygens (including phenoxy) is 2. The van der Waals surface area contributed by atoms with Gasteiger partial charge in [-0.05, 0) is 17.5 Å². The molecular weight excluding hydrogens is 232 g/mol. The molecule has 0 spiro atoms. The number of esters is 2. The van der Waals surface area contributed by atoms with Crippen molar-refractivity contribution in [3.63, 3.8) is 0 Å². The van der Waals surface area contributed by atoms with Crippen molar-refractivity contribution in [2.45, 2.75) is 20.8 Å². The fraction of sp³-hybridized carbons (Fsp3) is 0.429. The van der Waals surface area contributed by atoms with E-state index >= 15 is 0 Å². The van der Waals surface area contributed by atoms with Crippen LogP contribution < -0.4 is 0 Å². The summed E-state index contributed by atoms with van der Waals surface area (Å²) in [6, 6.07) is 6.45. The first-order valence-corrected chi connectivity index (χ1v) is 5.69. The highest BCUT2D eigenvalue weighted by Gasteiger charge is 2.20. The van der Waals surface area contributed by atoms with E-state index in [0.29, 0.717) is 6.61 Å². The van der Waals surface area contributed by atoms with Crippen LogP contribution >= 0.6 is 0 Å². The fourth-order valence-corrected chi connectivity index (χ4v) is 1.31. The molecule has 98 valence electrons. The first-order chi connectivity index (χ1) is 8.35. The van der Waals surface area contributed by atoms with Crippen molar-refractivity contribution in [3.05, 3.63) is 35.4 Å². The Kier molecular flexibility index (Phi) is 4.48. The molecule has 0 heterocycles. The lowest BCUT2D eigenvalue weighted by Crippen LogP contribution is -2.20. The maximum absolute atomic E-state index is 11.9. The van der Waals surface area contributed by atoms with Gasteiger partial charge in [-0.15, -0.1) is 0 Å².